The lowest BCUT2D eigenvalue weighted by Crippen LogP contribution is -2.73. The lowest BCUT2D eigenvalue weighted by Gasteiger charge is -2.63. The summed E-state index contributed by atoms with van der Waals surface area (Å²) in [4.78, 5) is 67.2. The number of Topliss-reactive ketones (excluding diaryl/α,β-unsaturated/α-hetero) is 5. The van der Waals surface area contributed by atoms with Crippen LogP contribution < -0.4 is 0 Å². The Balaban J connectivity index is 1.54. The van der Waals surface area contributed by atoms with Crippen molar-refractivity contribution in [2.75, 3.05) is 0 Å². The lowest BCUT2D eigenvalue weighted by atomic mass is 9.41. The minimum atomic E-state index is -2.99. The number of allylic oxidation sites excluding steroid dienone is 1. The first kappa shape index (κ1) is 31.6. The van der Waals surface area contributed by atoms with Gasteiger partial charge in [0.2, 0.25) is 5.78 Å². The van der Waals surface area contributed by atoms with Crippen LogP contribution in [0.3, 0.4) is 0 Å². The Hall–Kier alpha value is -4.41. The number of hydrogen-bond acceptors (Lipinski definition) is 10. The molecule has 2 aromatic carbocycles. The highest BCUT2D eigenvalue weighted by Gasteiger charge is 2.76. The molecule has 6 atom stereocenters. The normalized spacial score (nSPS) is 32.5. The summed E-state index contributed by atoms with van der Waals surface area (Å²) in [5.41, 5.74) is -7.14. The van der Waals surface area contributed by atoms with Crippen LogP contribution >= 0.6 is 0 Å². The molecule has 0 saturated heterocycles. The molecular weight excluding hydrogens is 592 g/mol. The van der Waals surface area contributed by atoms with E-state index in [1.165, 1.54) is 19.9 Å². The van der Waals surface area contributed by atoms with Crippen molar-refractivity contribution in [2.45, 2.75) is 65.6 Å². The van der Waals surface area contributed by atoms with Crippen molar-refractivity contribution in [3.8, 4) is 5.75 Å². The molecule has 0 fully saturated rings. The molecule has 5 N–H and O–H groups in total. The van der Waals surface area contributed by atoms with Gasteiger partial charge in [0.25, 0.3) is 0 Å². The van der Waals surface area contributed by atoms with Crippen molar-refractivity contribution in [2.24, 2.45) is 28.6 Å². The number of rotatable bonds is 4. The van der Waals surface area contributed by atoms with Crippen LogP contribution in [0.25, 0.3) is 0 Å². The van der Waals surface area contributed by atoms with E-state index in [4.69, 9.17) is 0 Å². The first-order chi connectivity index (χ1) is 21.4. The second-order valence-electron chi connectivity index (χ2n) is 13.9. The highest BCUT2D eigenvalue weighted by Crippen LogP contribution is 2.67. The van der Waals surface area contributed by atoms with Gasteiger partial charge in [-0.05, 0) is 36.3 Å². The number of hydrogen-bond donors (Lipinski definition) is 5. The molecule has 0 amide bonds. The fraction of sp³-hybridized carbons (Fsp3) is 0.417. The van der Waals surface area contributed by atoms with Crippen LogP contribution in [0.5, 0.6) is 5.75 Å². The predicted molar refractivity (Wildman–Crippen MR) is 164 cm³/mol. The first-order valence-corrected chi connectivity index (χ1v) is 15.3. The van der Waals surface area contributed by atoms with Gasteiger partial charge in [-0.1, -0.05) is 71.0 Å². The van der Waals surface area contributed by atoms with E-state index in [1.807, 2.05) is 0 Å². The molecule has 0 aromatic heterocycles. The lowest BCUT2D eigenvalue weighted by molar-refractivity contribution is -0.211. The van der Waals surface area contributed by atoms with Crippen molar-refractivity contribution in [1.29, 1.82) is 0 Å². The van der Waals surface area contributed by atoms with E-state index in [0.29, 0.717) is 5.56 Å². The Bertz CT molecular complexity index is 1850. The van der Waals surface area contributed by atoms with Crippen molar-refractivity contribution >= 4 is 28.9 Å². The summed E-state index contributed by atoms with van der Waals surface area (Å²) < 4.78 is 0. The number of fused-ring (bicyclic) bond motifs is 4. The quantitative estimate of drug-likeness (QED) is 0.244. The molecule has 4 aliphatic rings. The van der Waals surface area contributed by atoms with Crippen molar-refractivity contribution < 1.29 is 49.5 Å². The zero-order valence-corrected chi connectivity index (χ0v) is 26.3. The summed E-state index contributed by atoms with van der Waals surface area (Å²) in [5, 5.41) is 59.3. The number of carbonyl (C=O) groups excluding carboxylic acids is 5. The molecular formula is C36H36O10. The fourth-order valence-corrected chi connectivity index (χ4v) is 8.96. The van der Waals surface area contributed by atoms with Crippen LogP contribution in [-0.2, 0) is 16.0 Å². The molecule has 10 nitrogen and oxygen atoms in total. The second kappa shape index (κ2) is 9.80. The molecule has 10 heteroatoms. The number of aromatic hydroxyl groups is 1. The van der Waals surface area contributed by atoms with Gasteiger partial charge in [0, 0.05) is 27.9 Å². The summed E-state index contributed by atoms with van der Waals surface area (Å²) in [6, 6.07) is 9.49. The van der Waals surface area contributed by atoms with Gasteiger partial charge in [-0.15, -0.1) is 0 Å². The van der Waals surface area contributed by atoms with Crippen LogP contribution in [0.4, 0.5) is 0 Å². The van der Waals surface area contributed by atoms with Crippen LogP contribution in [0, 0.1) is 28.6 Å². The third-order valence-corrected chi connectivity index (χ3v) is 11.4. The molecule has 6 rings (SSSR count). The highest BCUT2D eigenvalue weighted by molar-refractivity contribution is 6.27. The highest BCUT2D eigenvalue weighted by atomic mass is 16.4. The van der Waals surface area contributed by atoms with E-state index in [1.54, 1.807) is 51.1 Å². The summed E-state index contributed by atoms with van der Waals surface area (Å²) in [6.07, 6.45) is -1.94. The third-order valence-electron chi connectivity index (χ3n) is 11.4. The topological polar surface area (TPSA) is 186 Å². The van der Waals surface area contributed by atoms with Gasteiger partial charge >= 0.3 is 0 Å². The second-order valence-corrected chi connectivity index (χ2v) is 13.9. The van der Waals surface area contributed by atoms with Gasteiger partial charge in [-0.2, -0.15) is 0 Å². The minimum absolute atomic E-state index is 0.128. The van der Waals surface area contributed by atoms with Crippen molar-refractivity contribution in [3.05, 3.63) is 86.9 Å². The third kappa shape index (κ3) is 3.46. The number of aliphatic hydroxyl groups excluding tert-OH is 3. The number of carbonyl (C=O) groups is 5. The Morgan fingerprint density at radius 2 is 1.50 bits per heavy atom. The monoisotopic (exact) mass is 628 g/mol. The maximum atomic E-state index is 14.4. The van der Waals surface area contributed by atoms with E-state index < -0.39 is 104 Å². The number of phenols is 1. The van der Waals surface area contributed by atoms with Gasteiger partial charge in [0.1, 0.15) is 22.8 Å². The van der Waals surface area contributed by atoms with Gasteiger partial charge in [-0.25, -0.2) is 0 Å². The van der Waals surface area contributed by atoms with E-state index in [2.05, 4.69) is 0 Å². The molecule has 240 valence electrons. The summed E-state index contributed by atoms with van der Waals surface area (Å²) in [5.74, 6) is -9.84. The number of aliphatic hydroxyl groups is 4. The molecule has 0 spiro atoms. The molecule has 0 radical (unpaired) electrons. The van der Waals surface area contributed by atoms with Crippen LogP contribution in [0.2, 0.25) is 0 Å². The predicted octanol–water partition coefficient (Wildman–Crippen LogP) is 4.12. The largest absolute Gasteiger partial charge is 0.511 e. The van der Waals surface area contributed by atoms with Gasteiger partial charge in [0.15, 0.2) is 28.7 Å². The molecule has 1 unspecified atom stereocenters. The van der Waals surface area contributed by atoms with Crippen molar-refractivity contribution in [1.82, 2.24) is 0 Å². The SMILES string of the molecule is CC(=O)C1=C(O)C(C(C)C)[C@@]2(C)[C@H](O)[C@]3(C)C(=C(O)[C@@]2(O)C1=O)C(=O)c1c(ccc(CC2C(=O)c4ccccc4C2=O)c1O)[C@H]3C. The Morgan fingerprint density at radius 3 is 2.02 bits per heavy atom. The number of benzene rings is 2. The van der Waals surface area contributed by atoms with Gasteiger partial charge in [0.05, 0.1) is 23.2 Å². The van der Waals surface area contributed by atoms with E-state index in [-0.39, 0.29) is 28.7 Å². The molecule has 0 aliphatic heterocycles. The Kier molecular flexibility index (Phi) is 6.72. The average molecular weight is 629 g/mol. The van der Waals surface area contributed by atoms with Gasteiger partial charge < -0.3 is 25.5 Å². The van der Waals surface area contributed by atoms with Crippen LogP contribution in [0.1, 0.15) is 89.7 Å². The Morgan fingerprint density at radius 1 is 0.935 bits per heavy atom. The zero-order chi connectivity index (χ0) is 34.0. The van der Waals surface area contributed by atoms with E-state index >= 15 is 0 Å². The first-order valence-electron chi connectivity index (χ1n) is 15.3. The Labute approximate surface area is 265 Å². The number of phenolic OH excluding ortho intramolecular Hbond substituents is 1. The number of ketones is 5. The van der Waals surface area contributed by atoms with E-state index in [9.17, 15) is 49.5 Å². The molecule has 2 aromatic rings. The van der Waals surface area contributed by atoms with Crippen LogP contribution in [0.15, 0.2) is 59.1 Å². The smallest absolute Gasteiger partial charge is 0.209 e. The standard InChI is InChI=1S/C36H36O10/c1-14(2)24-29(41)22(16(4)37)31(43)36(46)32(44)25-30(42)23-18(15(3)34(25,5)33(45)35(24,36)6)12-11-17(26(23)38)13-21-27(39)19-9-7-8-10-20(19)28(21)40/h7-12,14-15,21,24,33,38,41,44-46H,13H2,1-6H3/t15-,24?,33-,34+,35+,36+/m1/s1. The fourth-order valence-electron chi connectivity index (χ4n) is 8.96. The molecule has 46 heavy (non-hydrogen) atoms. The van der Waals surface area contributed by atoms with Crippen molar-refractivity contribution in [3.63, 3.8) is 0 Å². The molecule has 0 saturated carbocycles. The molecule has 4 aliphatic carbocycles. The zero-order valence-electron chi connectivity index (χ0n) is 26.3. The van der Waals surface area contributed by atoms with E-state index in [0.717, 1.165) is 6.92 Å². The maximum Gasteiger partial charge on any atom is 0.209 e. The maximum absolute atomic E-state index is 14.4. The average Bonchev–Trinajstić information content (AvgIpc) is 3.23. The summed E-state index contributed by atoms with van der Waals surface area (Å²) in [7, 11) is 0. The minimum Gasteiger partial charge on any atom is -0.511 e. The van der Waals surface area contributed by atoms with Gasteiger partial charge in [-0.3, -0.25) is 24.0 Å². The molecule has 0 heterocycles. The van der Waals surface area contributed by atoms with Crippen LogP contribution in [-0.4, -0.2) is 66.2 Å². The summed E-state index contributed by atoms with van der Waals surface area (Å²) >= 11 is 0. The summed E-state index contributed by atoms with van der Waals surface area (Å²) in [6.45, 7) is 8.92. The molecule has 0 bridgehead atoms.